The largest absolute Gasteiger partial charge is 0.241 e. The maximum atomic E-state index is 12.1. The van der Waals surface area contributed by atoms with E-state index < -0.39 is 10.0 Å². The van der Waals surface area contributed by atoms with E-state index in [-0.39, 0.29) is 6.04 Å². The fraction of sp³-hybridized carbons (Fsp3) is 0.538. The van der Waals surface area contributed by atoms with Crippen LogP contribution in [-0.2, 0) is 10.0 Å². The van der Waals surface area contributed by atoms with E-state index in [4.69, 9.17) is 0 Å². The molecular formula is C13H21NO2S. The molecule has 0 unspecified atom stereocenters. The summed E-state index contributed by atoms with van der Waals surface area (Å²) in [6.45, 7) is 7.72. The highest BCUT2D eigenvalue weighted by atomic mass is 32.2. The number of rotatable bonds is 5. The summed E-state index contributed by atoms with van der Waals surface area (Å²) in [5, 5.41) is 0. The average Bonchev–Trinajstić information content (AvgIpc) is 2.15. The van der Waals surface area contributed by atoms with Crippen LogP contribution in [0.3, 0.4) is 0 Å². The molecule has 1 atom stereocenters. The monoisotopic (exact) mass is 255 g/mol. The number of hydrogen-bond acceptors (Lipinski definition) is 2. The lowest BCUT2D eigenvalue weighted by atomic mass is 10.2. The van der Waals surface area contributed by atoms with Crippen LogP contribution < -0.4 is 4.72 Å². The van der Waals surface area contributed by atoms with Crippen molar-refractivity contribution in [3.8, 4) is 0 Å². The molecule has 0 amide bonds. The molecule has 0 heterocycles. The molecule has 0 bridgehead atoms. The van der Waals surface area contributed by atoms with Gasteiger partial charge in [0, 0.05) is 6.04 Å². The molecule has 0 spiro atoms. The highest BCUT2D eigenvalue weighted by molar-refractivity contribution is 7.89. The lowest BCUT2D eigenvalue weighted by molar-refractivity contribution is 0.543. The highest BCUT2D eigenvalue weighted by Gasteiger charge is 2.18. The summed E-state index contributed by atoms with van der Waals surface area (Å²) in [5.74, 6) is 0. The predicted molar refractivity (Wildman–Crippen MR) is 70.6 cm³/mol. The molecule has 1 N–H and O–H groups in total. The van der Waals surface area contributed by atoms with Crippen molar-refractivity contribution in [2.24, 2.45) is 0 Å². The van der Waals surface area contributed by atoms with Gasteiger partial charge in [-0.2, -0.15) is 0 Å². The van der Waals surface area contributed by atoms with Gasteiger partial charge in [-0.1, -0.05) is 31.0 Å². The molecule has 1 rings (SSSR count). The van der Waals surface area contributed by atoms with Crippen LogP contribution in [0.4, 0.5) is 0 Å². The lowest BCUT2D eigenvalue weighted by Gasteiger charge is -2.14. The van der Waals surface area contributed by atoms with Gasteiger partial charge in [0.05, 0.1) is 4.90 Å². The zero-order chi connectivity index (χ0) is 13.1. The van der Waals surface area contributed by atoms with Gasteiger partial charge in [-0.15, -0.1) is 0 Å². The van der Waals surface area contributed by atoms with E-state index >= 15 is 0 Å². The standard InChI is InChI=1S/C13H21NO2S/c1-5-6-12(4)14-17(15,16)13-8-7-10(2)9-11(13)3/h7-9,12,14H,5-6H2,1-4H3/t12-/m1/s1. The van der Waals surface area contributed by atoms with Crippen LogP contribution in [0, 0.1) is 13.8 Å². The summed E-state index contributed by atoms with van der Waals surface area (Å²) >= 11 is 0. The van der Waals surface area contributed by atoms with Crippen LogP contribution in [0.2, 0.25) is 0 Å². The number of benzene rings is 1. The van der Waals surface area contributed by atoms with Gasteiger partial charge in [0.1, 0.15) is 0 Å². The SMILES string of the molecule is CCC[C@@H](C)NS(=O)(=O)c1ccc(C)cc1C. The van der Waals surface area contributed by atoms with Crippen molar-refractivity contribution >= 4 is 10.0 Å². The summed E-state index contributed by atoms with van der Waals surface area (Å²) in [4.78, 5) is 0.381. The number of aryl methyl sites for hydroxylation is 2. The van der Waals surface area contributed by atoms with Crippen molar-refractivity contribution in [3.63, 3.8) is 0 Å². The Morgan fingerprint density at radius 2 is 1.94 bits per heavy atom. The smallest absolute Gasteiger partial charge is 0.208 e. The topological polar surface area (TPSA) is 46.2 Å². The molecule has 3 nitrogen and oxygen atoms in total. The van der Waals surface area contributed by atoms with Crippen LogP contribution in [0.15, 0.2) is 23.1 Å². The lowest BCUT2D eigenvalue weighted by Crippen LogP contribution is -2.32. The minimum atomic E-state index is -3.38. The molecule has 0 aromatic heterocycles. The Hall–Kier alpha value is -0.870. The Balaban J connectivity index is 2.97. The van der Waals surface area contributed by atoms with E-state index in [1.165, 1.54) is 0 Å². The van der Waals surface area contributed by atoms with E-state index in [9.17, 15) is 8.42 Å². The third kappa shape index (κ3) is 3.82. The Kier molecular flexibility index (Phi) is 4.71. The second-order valence-electron chi connectivity index (χ2n) is 4.58. The Labute approximate surface area is 104 Å². The normalized spacial score (nSPS) is 13.6. The Morgan fingerprint density at radius 1 is 1.29 bits per heavy atom. The van der Waals surface area contributed by atoms with E-state index in [0.29, 0.717) is 4.90 Å². The van der Waals surface area contributed by atoms with Crippen LogP contribution in [0.5, 0.6) is 0 Å². The maximum absolute atomic E-state index is 12.1. The van der Waals surface area contributed by atoms with Gasteiger partial charge in [-0.25, -0.2) is 13.1 Å². The van der Waals surface area contributed by atoms with E-state index in [1.807, 2.05) is 39.8 Å². The second-order valence-corrected chi connectivity index (χ2v) is 6.26. The summed E-state index contributed by atoms with van der Waals surface area (Å²) in [5.41, 5.74) is 1.87. The van der Waals surface area contributed by atoms with Crippen molar-refractivity contribution in [2.45, 2.75) is 51.5 Å². The molecule has 1 aromatic carbocycles. The minimum absolute atomic E-state index is 0.0225. The number of nitrogens with one attached hydrogen (secondary N) is 1. The van der Waals surface area contributed by atoms with Crippen LogP contribution in [0.25, 0.3) is 0 Å². The third-order valence-corrected chi connectivity index (χ3v) is 4.45. The molecule has 0 aliphatic carbocycles. The van der Waals surface area contributed by atoms with Crippen molar-refractivity contribution in [1.82, 2.24) is 4.72 Å². The van der Waals surface area contributed by atoms with Crippen molar-refractivity contribution in [1.29, 1.82) is 0 Å². The summed E-state index contributed by atoms with van der Waals surface area (Å²) in [6, 6.07) is 5.36. The third-order valence-electron chi connectivity index (χ3n) is 2.70. The van der Waals surface area contributed by atoms with Gasteiger partial charge in [0.25, 0.3) is 0 Å². The molecule has 0 aliphatic rings. The zero-order valence-electron chi connectivity index (χ0n) is 10.9. The molecule has 1 aromatic rings. The van der Waals surface area contributed by atoms with E-state index in [1.54, 1.807) is 6.07 Å². The highest BCUT2D eigenvalue weighted by Crippen LogP contribution is 2.17. The van der Waals surface area contributed by atoms with Crippen LogP contribution in [-0.4, -0.2) is 14.5 Å². The van der Waals surface area contributed by atoms with Gasteiger partial charge in [-0.3, -0.25) is 0 Å². The summed E-state index contributed by atoms with van der Waals surface area (Å²) in [6.07, 6.45) is 1.82. The average molecular weight is 255 g/mol. The number of sulfonamides is 1. The Bertz CT molecular complexity index is 480. The van der Waals surface area contributed by atoms with Gasteiger partial charge in [0.2, 0.25) is 10.0 Å². The minimum Gasteiger partial charge on any atom is -0.208 e. The van der Waals surface area contributed by atoms with Gasteiger partial charge >= 0.3 is 0 Å². The fourth-order valence-corrected chi connectivity index (χ4v) is 3.43. The molecule has 0 saturated carbocycles. The first-order chi connectivity index (χ1) is 7.86. The molecule has 4 heteroatoms. The molecule has 0 saturated heterocycles. The first-order valence-electron chi connectivity index (χ1n) is 5.96. The summed E-state index contributed by atoms with van der Waals surface area (Å²) < 4.78 is 27.0. The number of hydrogen-bond donors (Lipinski definition) is 1. The van der Waals surface area contributed by atoms with Crippen molar-refractivity contribution in [3.05, 3.63) is 29.3 Å². The summed E-state index contributed by atoms with van der Waals surface area (Å²) in [7, 11) is -3.38. The first-order valence-corrected chi connectivity index (χ1v) is 7.44. The predicted octanol–water partition coefficient (Wildman–Crippen LogP) is 2.77. The molecular weight excluding hydrogens is 234 g/mol. The second kappa shape index (κ2) is 5.65. The van der Waals surface area contributed by atoms with Gasteiger partial charge in [0.15, 0.2) is 0 Å². The van der Waals surface area contributed by atoms with Crippen LogP contribution in [0.1, 0.15) is 37.8 Å². The van der Waals surface area contributed by atoms with E-state index in [2.05, 4.69) is 4.72 Å². The molecule has 96 valence electrons. The first kappa shape index (κ1) is 14.2. The molecule has 17 heavy (non-hydrogen) atoms. The quantitative estimate of drug-likeness (QED) is 0.879. The van der Waals surface area contributed by atoms with E-state index in [0.717, 1.165) is 24.0 Å². The van der Waals surface area contributed by atoms with Crippen molar-refractivity contribution in [2.75, 3.05) is 0 Å². The maximum Gasteiger partial charge on any atom is 0.241 e. The molecule has 0 aliphatic heterocycles. The van der Waals surface area contributed by atoms with Gasteiger partial charge < -0.3 is 0 Å². The van der Waals surface area contributed by atoms with Crippen molar-refractivity contribution < 1.29 is 8.42 Å². The van der Waals surface area contributed by atoms with Crippen LogP contribution >= 0.6 is 0 Å². The zero-order valence-corrected chi connectivity index (χ0v) is 11.8. The molecule has 0 fully saturated rings. The Morgan fingerprint density at radius 3 is 2.47 bits per heavy atom. The molecule has 0 radical (unpaired) electrons. The fourth-order valence-electron chi connectivity index (χ4n) is 1.92. The van der Waals surface area contributed by atoms with Gasteiger partial charge in [-0.05, 0) is 38.8 Å².